The predicted octanol–water partition coefficient (Wildman–Crippen LogP) is 4.76. The van der Waals surface area contributed by atoms with Crippen molar-refractivity contribution in [3.05, 3.63) is 29.0 Å². The number of hydrogen-bond donors (Lipinski definition) is 0. The summed E-state index contributed by atoms with van der Waals surface area (Å²) in [5.74, 6) is 1.68. The topological polar surface area (TPSA) is 17.8 Å². The molecule has 3 rings (SSSR count). The highest BCUT2D eigenvalue weighted by Gasteiger charge is 2.39. The standard InChI is InChI=1S/C15H18Cl2N2/c1-2-15(8-4-9-15)19-12-6-3-5-11(17)14(12)18-13(19)7-10-16/h3,5-6H,2,4,7-10H2,1H3. The first-order valence-electron chi connectivity index (χ1n) is 6.94. The lowest BCUT2D eigenvalue weighted by atomic mass is 9.74. The van der Waals surface area contributed by atoms with Gasteiger partial charge in [-0.2, -0.15) is 0 Å². The summed E-state index contributed by atoms with van der Waals surface area (Å²) in [5.41, 5.74) is 2.32. The number of rotatable bonds is 4. The van der Waals surface area contributed by atoms with E-state index < -0.39 is 0 Å². The highest BCUT2D eigenvalue weighted by Crippen LogP contribution is 2.45. The van der Waals surface area contributed by atoms with Crippen LogP contribution in [0.5, 0.6) is 0 Å². The van der Waals surface area contributed by atoms with Gasteiger partial charge < -0.3 is 4.57 Å². The van der Waals surface area contributed by atoms with Gasteiger partial charge in [0.1, 0.15) is 11.3 Å². The number of aromatic nitrogens is 2. The molecule has 0 spiro atoms. The molecule has 1 fully saturated rings. The van der Waals surface area contributed by atoms with Crippen molar-refractivity contribution in [2.75, 3.05) is 5.88 Å². The Morgan fingerprint density at radius 2 is 2.16 bits per heavy atom. The van der Waals surface area contributed by atoms with Gasteiger partial charge >= 0.3 is 0 Å². The SMILES string of the molecule is CCC1(n2c(CCCl)nc3c(Cl)cccc32)CCC1. The Morgan fingerprint density at radius 1 is 1.37 bits per heavy atom. The molecule has 0 unspecified atom stereocenters. The molecule has 0 amide bonds. The number of halogens is 2. The van der Waals surface area contributed by atoms with Gasteiger partial charge in [0.05, 0.1) is 10.5 Å². The van der Waals surface area contributed by atoms with Gasteiger partial charge in [-0.1, -0.05) is 24.6 Å². The average molecular weight is 297 g/mol. The number of nitrogens with zero attached hydrogens (tertiary/aromatic N) is 2. The summed E-state index contributed by atoms with van der Waals surface area (Å²) >= 11 is 12.2. The molecule has 4 heteroatoms. The maximum Gasteiger partial charge on any atom is 0.111 e. The van der Waals surface area contributed by atoms with Crippen LogP contribution in [0.15, 0.2) is 18.2 Å². The van der Waals surface area contributed by atoms with Crippen LogP contribution in [0.2, 0.25) is 5.02 Å². The van der Waals surface area contributed by atoms with Crippen molar-refractivity contribution in [3.8, 4) is 0 Å². The molecule has 1 aromatic heterocycles. The zero-order valence-electron chi connectivity index (χ0n) is 11.1. The summed E-state index contributed by atoms with van der Waals surface area (Å²) in [5, 5.41) is 0.734. The Balaban J connectivity index is 2.25. The summed E-state index contributed by atoms with van der Waals surface area (Å²) in [6.07, 6.45) is 5.70. The molecular weight excluding hydrogens is 279 g/mol. The second-order valence-corrected chi connectivity index (χ2v) is 6.13. The Hall–Kier alpha value is -0.730. The summed E-state index contributed by atoms with van der Waals surface area (Å²) in [4.78, 5) is 4.74. The first-order chi connectivity index (χ1) is 9.22. The Bertz CT molecular complexity index is 594. The maximum absolute atomic E-state index is 6.29. The van der Waals surface area contributed by atoms with Crippen molar-refractivity contribution in [1.82, 2.24) is 9.55 Å². The minimum Gasteiger partial charge on any atom is -0.322 e. The fraction of sp³-hybridized carbons (Fsp3) is 0.533. The lowest BCUT2D eigenvalue weighted by Gasteiger charge is -2.44. The minimum absolute atomic E-state index is 0.237. The highest BCUT2D eigenvalue weighted by molar-refractivity contribution is 6.34. The Labute approximate surface area is 123 Å². The van der Waals surface area contributed by atoms with Crippen molar-refractivity contribution in [2.45, 2.75) is 44.6 Å². The first kappa shape index (κ1) is 13.3. The molecule has 0 atom stereocenters. The van der Waals surface area contributed by atoms with Crippen LogP contribution in [0.1, 0.15) is 38.4 Å². The molecule has 1 aromatic carbocycles. The van der Waals surface area contributed by atoms with Crippen molar-refractivity contribution in [2.24, 2.45) is 0 Å². The number of fused-ring (bicyclic) bond motifs is 1. The number of para-hydroxylation sites is 1. The predicted molar refractivity (Wildman–Crippen MR) is 81.3 cm³/mol. The maximum atomic E-state index is 6.29. The zero-order valence-corrected chi connectivity index (χ0v) is 12.6. The van der Waals surface area contributed by atoms with Gasteiger partial charge in [0, 0.05) is 17.8 Å². The number of aryl methyl sites for hydroxylation is 1. The van der Waals surface area contributed by atoms with Gasteiger partial charge in [0.2, 0.25) is 0 Å². The van der Waals surface area contributed by atoms with Crippen molar-refractivity contribution in [1.29, 1.82) is 0 Å². The zero-order chi connectivity index (χ0) is 13.5. The molecule has 102 valence electrons. The van der Waals surface area contributed by atoms with E-state index in [2.05, 4.69) is 17.6 Å². The van der Waals surface area contributed by atoms with Gasteiger partial charge in [-0.15, -0.1) is 11.6 Å². The quantitative estimate of drug-likeness (QED) is 0.744. The van der Waals surface area contributed by atoms with Crippen LogP contribution in [0.4, 0.5) is 0 Å². The molecule has 0 bridgehead atoms. The fourth-order valence-electron chi connectivity index (χ4n) is 3.21. The summed E-state index contributed by atoms with van der Waals surface area (Å²) < 4.78 is 2.42. The molecule has 0 N–H and O–H groups in total. The molecular formula is C15H18Cl2N2. The van der Waals surface area contributed by atoms with E-state index in [1.54, 1.807) is 0 Å². The van der Waals surface area contributed by atoms with Crippen LogP contribution in [0, 0.1) is 0 Å². The van der Waals surface area contributed by atoms with E-state index in [4.69, 9.17) is 28.2 Å². The molecule has 19 heavy (non-hydrogen) atoms. The summed E-state index contributed by atoms with van der Waals surface area (Å²) in [6.45, 7) is 2.26. The van der Waals surface area contributed by atoms with Gasteiger partial charge in [0.25, 0.3) is 0 Å². The van der Waals surface area contributed by atoms with Gasteiger partial charge in [-0.05, 0) is 37.8 Å². The lowest BCUT2D eigenvalue weighted by Crippen LogP contribution is -2.41. The second-order valence-electron chi connectivity index (χ2n) is 5.34. The fourth-order valence-corrected chi connectivity index (χ4v) is 3.60. The third-order valence-corrected chi connectivity index (χ3v) is 4.93. The van der Waals surface area contributed by atoms with E-state index in [1.807, 2.05) is 12.1 Å². The van der Waals surface area contributed by atoms with E-state index in [0.717, 1.165) is 34.7 Å². The molecule has 0 radical (unpaired) electrons. The highest BCUT2D eigenvalue weighted by atomic mass is 35.5. The third kappa shape index (κ3) is 1.96. The van der Waals surface area contributed by atoms with Crippen molar-refractivity contribution < 1.29 is 0 Å². The minimum atomic E-state index is 0.237. The number of imidazole rings is 1. The monoisotopic (exact) mass is 296 g/mol. The molecule has 0 aliphatic heterocycles. The third-order valence-electron chi connectivity index (χ3n) is 4.44. The van der Waals surface area contributed by atoms with Crippen LogP contribution in [-0.4, -0.2) is 15.4 Å². The van der Waals surface area contributed by atoms with E-state index in [9.17, 15) is 0 Å². The number of hydrogen-bond acceptors (Lipinski definition) is 1. The second kappa shape index (κ2) is 4.99. The Kier molecular flexibility index (Phi) is 3.48. The molecule has 1 heterocycles. The number of benzene rings is 1. The lowest BCUT2D eigenvalue weighted by molar-refractivity contribution is 0.137. The van der Waals surface area contributed by atoms with E-state index in [0.29, 0.717) is 5.88 Å². The van der Waals surface area contributed by atoms with Gasteiger partial charge in [-0.25, -0.2) is 4.98 Å². The molecule has 1 saturated carbocycles. The Morgan fingerprint density at radius 3 is 2.74 bits per heavy atom. The van der Waals surface area contributed by atoms with Gasteiger partial charge in [0.15, 0.2) is 0 Å². The molecule has 2 aromatic rings. The van der Waals surface area contributed by atoms with Crippen LogP contribution in [0.3, 0.4) is 0 Å². The molecule has 1 aliphatic rings. The van der Waals surface area contributed by atoms with Crippen LogP contribution < -0.4 is 0 Å². The van der Waals surface area contributed by atoms with E-state index >= 15 is 0 Å². The first-order valence-corrected chi connectivity index (χ1v) is 7.85. The average Bonchev–Trinajstić information content (AvgIpc) is 2.71. The summed E-state index contributed by atoms with van der Waals surface area (Å²) in [7, 11) is 0. The number of alkyl halides is 1. The van der Waals surface area contributed by atoms with Crippen LogP contribution in [0.25, 0.3) is 11.0 Å². The molecule has 2 nitrogen and oxygen atoms in total. The normalized spacial score (nSPS) is 17.6. The largest absolute Gasteiger partial charge is 0.322 e. The summed E-state index contributed by atoms with van der Waals surface area (Å²) in [6, 6.07) is 6.04. The van der Waals surface area contributed by atoms with Gasteiger partial charge in [-0.3, -0.25) is 0 Å². The smallest absolute Gasteiger partial charge is 0.111 e. The van der Waals surface area contributed by atoms with Crippen LogP contribution in [-0.2, 0) is 12.0 Å². The van der Waals surface area contributed by atoms with E-state index in [1.165, 1.54) is 19.3 Å². The molecule has 1 aliphatic carbocycles. The van der Waals surface area contributed by atoms with Crippen LogP contribution >= 0.6 is 23.2 Å². The van der Waals surface area contributed by atoms with E-state index in [-0.39, 0.29) is 5.54 Å². The van der Waals surface area contributed by atoms with Crippen molar-refractivity contribution in [3.63, 3.8) is 0 Å². The molecule has 0 saturated heterocycles. The van der Waals surface area contributed by atoms with Crippen molar-refractivity contribution >= 4 is 34.2 Å².